The van der Waals surface area contributed by atoms with E-state index in [-0.39, 0.29) is 12.0 Å². The van der Waals surface area contributed by atoms with Crippen LogP contribution in [0.3, 0.4) is 0 Å². The van der Waals surface area contributed by atoms with Crippen molar-refractivity contribution < 1.29 is 0 Å². The van der Waals surface area contributed by atoms with Gasteiger partial charge < -0.3 is 14.0 Å². The van der Waals surface area contributed by atoms with Crippen molar-refractivity contribution in [3.05, 3.63) is 211 Å². The molecule has 2 atom stereocenters. The minimum atomic E-state index is 0.150. The number of para-hydroxylation sites is 2. The Labute approximate surface area is 382 Å². The highest BCUT2D eigenvalue weighted by Crippen LogP contribution is 2.47. The molecule has 314 valence electrons. The minimum absolute atomic E-state index is 0.150. The second-order valence-electron chi connectivity index (χ2n) is 17.7. The van der Waals surface area contributed by atoms with Crippen molar-refractivity contribution in [3.8, 4) is 44.8 Å². The fourth-order valence-corrected chi connectivity index (χ4v) is 11.0. The quantitative estimate of drug-likeness (QED) is 0.167. The molecule has 0 spiro atoms. The maximum absolute atomic E-state index is 4.51. The molecule has 0 N–H and O–H groups in total. The summed E-state index contributed by atoms with van der Waals surface area (Å²) in [6.07, 6.45) is 17.7. The van der Waals surface area contributed by atoms with Crippen LogP contribution < -0.4 is 4.90 Å². The Hall–Kier alpha value is -8.42. The highest BCUT2D eigenvalue weighted by Gasteiger charge is 2.38. The molecule has 5 aromatic heterocycles. The zero-order valence-electron chi connectivity index (χ0n) is 36.8. The van der Waals surface area contributed by atoms with Crippen LogP contribution in [0.15, 0.2) is 194 Å². The van der Waals surface area contributed by atoms with E-state index in [9.17, 15) is 0 Å². The lowest BCUT2D eigenvalue weighted by molar-refractivity contribution is 0.778. The zero-order chi connectivity index (χ0) is 44.0. The van der Waals surface area contributed by atoms with E-state index < -0.39 is 0 Å². The normalized spacial score (nSPS) is 15.3. The summed E-state index contributed by atoms with van der Waals surface area (Å²) in [5, 5.41) is 4.71. The van der Waals surface area contributed by atoms with Crippen LogP contribution in [0, 0.1) is 20.8 Å². The molecule has 2 aliphatic rings. The first-order valence-corrected chi connectivity index (χ1v) is 22.6. The van der Waals surface area contributed by atoms with Crippen LogP contribution in [0.25, 0.3) is 88.4 Å². The molecule has 0 aliphatic carbocycles. The monoisotopic (exact) mass is 849 g/mol. The van der Waals surface area contributed by atoms with Crippen LogP contribution in [0.2, 0.25) is 0 Å². The van der Waals surface area contributed by atoms with Gasteiger partial charge in [0.05, 0.1) is 28.1 Å². The van der Waals surface area contributed by atoms with Gasteiger partial charge in [0.25, 0.3) is 0 Å². The van der Waals surface area contributed by atoms with Crippen LogP contribution >= 0.6 is 0 Å². The van der Waals surface area contributed by atoms with E-state index in [2.05, 4.69) is 207 Å². The predicted octanol–water partition coefficient (Wildman–Crippen LogP) is 14.2. The van der Waals surface area contributed by atoms with Gasteiger partial charge in [-0.3, -0.25) is 19.9 Å². The van der Waals surface area contributed by atoms with E-state index in [0.717, 1.165) is 38.9 Å². The van der Waals surface area contributed by atoms with Crippen molar-refractivity contribution in [2.24, 2.45) is 4.99 Å². The highest BCUT2D eigenvalue weighted by atomic mass is 15.2. The van der Waals surface area contributed by atoms with Gasteiger partial charge in [0.1, 0.15) is 0 Å². The third kappa shape index (κ3) is 5.83. The summed E-state index contributed by atoms with van der Waals surface area (Å²) in [4.78, 5) is 20.4. The number of rotatable bonds is 6. The van der Waals surface area contributed by atoms with Gasteiger partial charge in [-0.15, -0.1) is 0 Å². The smallest absolute Gasteiger partial charge is 0.0659 e. The molecule has 0 saturated carbocycles. The number of hydrogen-bond donors (Lipinski definition) is 0. The number of anilines is 2. The van der Waals surface area contributed by atoms with Crippen LogP contribution in [-0.2, 0) is 0 Å². The van der Waals surface area contributed by atoms with E-state index in [0.29, 0.717) is 0 Å². The summed E-state index contributed by atoms with van der Waals surface area (Å²) >= 11 is 0. The average Bonchev–Trinajstić information content (AvgIpc) is 4.00. The largest absolute Gasteiger partial charge is 0.333 e. The van der Waals surface area contributed by atoms with Crippen LogP contribution in [-0.4, -0.2) is 36.3 Å². The molecule has 7 heterocycles. The lowest BCUT2D eigenvalue weighted by Crippen LogP contribution is -2.30. The van der Waals surface area contributed by atoms with Crippen molar-refractivity contribution >= 4 is 61.2 Å². The number of hydrogen-bond acceptors (Lipinski definition) is 5. The summed E-state index contributed by atoms with van der Waals surface area (Å²) in [5.41, 5.74) is 21.2. The molecule has 0 saturated heterocycles. The molecule has 2 unspecified atom stereocenters. The van der Waals surface area contributed by atoms with Crippen LogP contribution in [0.5, 0.6) is 0 Å². The minimum Gasteiger partial charge on any atom is -0.333 e. The Balaban J connectivity index is 0.954. The highest BCUT2D eigenvalue weighted by molar-refractivity contribution is 6.10. The maximum Gasteiger partial charge on any atom is 0.0659 e. The molecule has 0 fully saturated rings. The summed E-state index contributed by atoms with van der Waals surface area (Å²) in [5.74, 6) is 0.168. The van der Waals surface area contributed by atoms with E-state index in [1.54, 1.807) is 0 Å². The number of fused-ring (bicyclic) bond motifs is 9. The number of pyridine rings is 3. The van der Waals surface area contributed by atoms with Gasteiger partial charge in [-0.1, -0.05) is 54.6 Å². The molecule has 0 bridgehead atoms. The van der Waals surface area contributed by atoms with Crippen molar-refractivity contribution in [2.75, 3.05) is 4.90 Å². The molecular weight excluding hydrogens is 807 g/mol. The fraction of sp³-hybridized carbons (Fsp3) is 0.0847. The third-order valence-electron chi connectivity index (χ3n) is 14.0. The standard InChI is InChI=1S/C59H43N7/c1-36-26-42(64-54-10-6-4-8-48(54)49-9-5-7-11-55(49)64)12-15-45(36)39-29-40(46-16-13-43(27-37(46)2)65-56-18-22-60-32-50(56)51-33-61-23-19-57(51)65)31-41(30-39)47-17-14-44(28-38(47)3)66-58-20-24-62-34-52(58)53-35-63-25-21-59(53)66/h4-35,50,56H,1-3H3. The summed E-state index contributed by atoms with van der Waals surface area (Å²) < 4.78 is 4.73. The number of benzene rings is 6. The summed E-state index contributed by atoms with van der Waals surface area (Å²) in [7, 11) is 0. The molecule has 7 nitrogen and oxygen atoms in total. The van der Waals surface area contributed by atoms with Crippen molar-refractivity contribution in [3.63, 3.8) is 0 Å². The lowest BCUT2D eigenvalue weighted by atomic mass is 9.89. The van der Waals surface area contributed by atoms with E-state index in [4.69, 9.17) is 0 Å². The van der Waals surface area contributed by atoms with Gasteiger partial charge >= 0.3 is 0 Å². The molecule has 2 aliphatic heterocycles. The molecule has 13 rings (SSSR count). The number of aromatic nitrogens is 5. The molecule has 7 heteroatoms. The van der Waals surface area contributed by atoms with Crippen molar-refractivity contribution in [1.82, 2.24) is 24.1 Å². The summed E-state index contributed by atoms with van der Waals surface area (Å²) in [6, 6.07) is 51.8. The first-order chi connectivity index (χ1) is 32.5. The fourth-order valence-electron chi connectivity index (χ4n) is 11.0. The van der Waals surface area contributed by atoms with Gasteiger partial charge in [-0.25, -0.2) is 0 Å². The molecule has 0 radical (unpaired) electrons. The average molecular weight is 850 g/mol. The van der Waals surface area contributed by atoms with Crippen molar-refractivity contribution in [1.29, 1.82) is 0 Å². The van der Waals surface area contributed by atoms with E-state index in [1.807, 2.05) is 43.4 Å². The van der Waals surface area contributed by atoms with E-state index >= 15 is 0 Å². The lowest BCUT2D eigenvalue weighted by Gasteiger charge is -2.29. The Kier molecular flexibility index (Phi) is 8.55. The first kappa shape index (κ1) is 38.1. The SMILES string of the molecule is Cc1cc(N2c3ccncc3C3C=NC=CC32)ccc1-c1cc(-c2ccc(-n3c4ccccc4c4ccccc43)cc2C)cc(-c2ccc(-n3c4ccncc4c4cnccc43)cc2C)c1. The molecular formula is C59H43N7. The second kappa shape index (κ2) is 14.8. The Morgan fingerprint density at radius 1 is 0.439 bits per heavy atom. The number of nitrogens with zero attached hydrogens (tertiary/aromatic N) is 7. The zero-order valence-corrected chi connectivity index (χ0v) is 36.8. The second-order valence-corrected chi connectivity index (χ2v) is 17.7. The first-order valence-electron chi connectivity index (χ1n) is 22.6. The maximum atomic E-state index is 4.51. The number of aliphatic imine (C=N–C) groups is 1. The Morgan fingerprint density at radius 2 is 0.909 bits per heavy atom. The molecule has 0 amide bonds. The van der Waals surface area contributed by atoms with Gasteiger partial charge in [0.15, 0.2) is 0 Å². The van der Waals surface area contributed by atoms with Crippen molar-refractivity contribution in [2.45, 2.75) is 32.7 Å². The predicted molar refractivity (Wildman–Crippen MR) is 272 cm³/mol. The van der Waals surface area contributed by atoms with Crippen LogP contribution in [0.1, 0.15) is 28.2 Å². The number of aryl methyl sites for hydroxylation is 3. The third-order valence-corrected chi connectivity index (χ3v) is 14.0. The molecule has 11 aromatic rings. The molecule has 6 aromatic carbocycles. The van der Waals surface area contributed by atoms with Gasteiger partial charge in [0, 0.05) is 105 Å². The Bertz CT molecular complexity index is 3560. The Morgan fingerprint density at radius 3 is 1.45 bits per heavy atom. The van der Waals surface area contributed by atoms with E-state index in [1.165, 1.54) is 83.1 Å². The van der Waals surface area contributed by atoms with Gasteiger partial charge in [-0.05, 0) is 162 Å². The van der Waals surface area contributed by atoms with Crippen LogP contribution in [0.4, 0.5) is 11.4 Å². The van der Waals surface area contributed by atoms with Gasteiger partial charge in [0.2, 0.25) is 0 Å². The van der Waals surface area contributed by atoms with Gasteiger partial charge in [-0.2, -0.15) is 0 Å². The summed E-state index contributed by atoms with van der Waals surface area (Å²) in [6.45, 7) is 6.72. The molecule has 66 heavy (non-hydrogen) atoms. The topological polar surface area (TPSA) is 64.1 Å².